The lowest BCUT2D eigenvalue weighted by molar-refractivity contribution is 0.665. The SMILES string of the molecule is CCCCCCc1ccc(C2(c3ccc(CCCCCC)cc3)c3ncccc3-c3c2c2ccccc2c2c4ccccc4n(-c4nc(-c5ccccc5)nc(-c5ccccc5)n4)c32)cc1. The maximum absolute atomic E-state index is 5.49. The first kappa shape index (κ1) is 41.5. The number of benzene rings is 7. The van der Waals surface area contributed by atoms with Gasteiger partial charge in [-0.15, -0.1) is 0 Å². The van der Waals surface area contributed by atoms with Crippen LogP contribution in [0.15, 0.2) is 176 Å². The average molecular weight is 858 g/mol. The Morgan fingerprint density at radius 3 is 1.58 bits per heavy atom. The van der Waals surface area contributed by atoms with Crippen LogP contribution < -0.4 is 0 Å². The van der Waals surface area contributed by atoms with Crippen LogP contribution in [0.3, 0.4) is 0 Å². The number of pyridine rings is 1. The molecule has 324 valence electrons. The molecule has 7 aromatic carbocycles. The number of fused-ring (bicyclic) bond motifs is 10. The van der Waals surface area contributed by atoms with Crippen molar-refractivity contribution in [1.82, 2.24) is 24.5 Å². The van der Waals surface area contributed by atoms with Crippen molar-refractivity contribution in [2.24, 2.45) is 0 Å². The molecule has 66 heavy (non-hydrogen) atoms. The third kappa shape index (κ3) is 7.09. The highest BCUT2D eigenvalue weighted by Crippen LogP contribution is 2.60. The molecule has 1 aliphatic rings. The summed E-state index contributed by atoms with van der Waals surface area (Å²) < 4.78 is 2.32. The lowest BCUT2D eigenvalue weighted by Gasteiger charge is -2.34. The highest BCUT2D eigenvalue weighted by molar-refractivity contribution is 6.27. The van der Waals surface area contributed by atoms with E-state index in [1.54, 1.807) is 0 Å². The zero-order chi connectivity index (χ0) is 44.5. The molecular weight excluding hydrogens is 803 g/mol. The van der Waals surface area contributed by atoms with E-state index in [4.69, 9.17) is 19.9 Å². The second kappa shape index (κ2) is 18.0. The lowest BCUT2D eigenvalue weighted by Crippen LogP contribution is -2.30. The Morgan fingerprint density at radius 2 is 1.00 bits per heavy atom. The molecule has 0 fully saturated rings. The van der Waals surface area contributed by atoms with Crippen LogP contribution in [0.5, 0.6) is 0 Å². The molecule has 0 unspecified atom stereocenters. The summed E-state index contributed by atoms with van der Waals surface area (Å²) >= 11 is 0. The maximum atomic E-state index is 5.49. The van der Waals surface area contributed by atoms with E-state index >= 15 is 0 Å². The smallest absolute Gasteiger partial charge is 0.238 e. The molecule has 0 atom stereocenters. The molecule has 0 bridgehead atoms. The highest BCUT2D eigenvalue weighted by Gasteiger charge is 2.50. The van der Waals surface area contributed by atoms with Crippen LogP contribution in [-0.4, -0.2) is 24.5 Å². The van der Waals surface area contributed by atoms with E-state index in [1.807, 2.05) is 42.6 Å². The molecule has 11 rings (SSSR count). The first-order chi connectivity index (χ1) is 32.7. The van der Waals surface area contributed by atoms with Gasteiger partial charge in [0.05, 0.1) is 22.1 Å². The lowest BCUT2D eigenvalue weighted by atomic mass is 9.68. The van der Waals surface area contributed by atoms with E-state index in [0.717, 1.165) is 51.6 Å². The zero-order valence-corrected chi connectivity index (χ0v) is 38.1. The summed E-state index contributed by atoms with van der Waals surface area (Å²) in [6.45, 7) is 4.56. The van der Waals surface area contributed by atoms with Crippen LogP contribution in [0.1, 0.15) is 98.7 Å². The second-order valence-electron chi connectivity index (χ2n) is 18.1. The molecule has 0 aliphatic heterocycles. The van der Waals surface area contributed by atoms with Crippen LogP contribution in [0.4, 0.5) is 0 Å². The van der Waals surface area contributed by atoms with E-state index < -0.39 is 5.41 Å². The Kier molecular flexibility index (Phi) is 11.3. The molecule has 0 saturated heterocycles. The summed E-state index contributed by atoms with van der Waals surface area (Å²) in [5.41, 5.74) is 13.0. The van der Waals surface area contributed by atoms with Crippen molar-refractivity contribution in [2.75, 3.05) is 0 Å². The maximum Gasteiger partial charge on any atom is 0.238 e. The van der Waals surface area contributed by atoms with Crippen molar-refractivity contribution < 1.29 is 0 Å². The molecule has 0 radical (unpaired) electrons. The molecule has 5 heteroatoms. The van der Waals surface area contributed by atoms with Crippen molar-refractivity contribution in [3.05, 3.63) is 210 Å². The molecule has 0 N–H and O–H groups in total. The predicted molar refractivity (Wildman–Crippen MR) is 273 cm³/mol. The first-order valence-electron chi connectivity index (χ1n) is 24.2. The van der Waals surface area contributed by atoms with Gasteiger partial charge in [-0.05, 0) is 76.4 Å². The van der Waals surface area contributed by atoms with Gasteiger partial charge in [0.15, 0.2) is 11.6 Å². The molecular formula is C61H55N5. The van der Waals surface area contributed by atoms with Gasteiger partial charge in [0.1, 0.15) is 0 Å². The standard InChI is InChI=1S/C61H55N5/c1-3-5-7-11-22-42-33-37-46(38-34-42)61(47-39-35-43(36-40-47)23-12-8-6-4-2)55-49-29-18-17-28-48(49)53-50-30-19-20-32-52(50)66(56(53)54(55)51-31-21-41-62-57(51)61)60-64-58(44-24-13-9-14-25-44)63-59(65-60)45-26-15-10-16-27-45/h9-10,13-21,24-41H,3-8,11-12,22-23H2,1-2H3. The van der Waals surface area contributed by atoms with Crippen molar-refractivity contribution in [2.45, 2.75) is 83.5 Å². The van der Waals surface area contributed by atoms with Gasteiger partial charge in [0.2, 0.25) is 5.95 Å². The summed E-state index contributed by atoms with van der Waals surface area (Å²) in [6.07, 6.45) is 14.1. The molecule has 0 spiro atoms. The van der Waals surface area contributed by atoms with Crippen molar-refractivity contribution in [1.29, 1.82) is 0 Å². The fourth-order valence-electron chi connectivity index (χ4n) is 10.8. The van der Waals surface area contributed by atoms with Gasteiger partial charge < -0.3 is 0 Å². The number of nitrogens with zero attached hydrogens (tertiary/aromatic N) is 5. The van der Waals surface area contributed by atoms with E-state index in [9.17, 15) is 0 Å². The van der Waals surface area contributed by atoms with Gasteiger partial charge in [-0.3, -0.25) is 9.55 Å². The highest BCUT2D eigenvalue weighted by atomic mass is 15.2. The number of para-hydroxylation sites is 1. The Morgan fingerprint density at radius 1 is 0.470 bits per heavy atom. The summed E-state index contributed by atoms with van der Waals surface area (Å²) in [5.74, 6) is 1.83. The average Bonchev–Trinajstić information content (AvgIpc) is 3.89. The summed E-state index contributed by atoms with van der Waals surface area (Å²) in [7, 11) is 0. The van der Waals surface area contributed by atoms with Crippen LogP contribution >= 0.6 is 0 Å². The molecule has 3 aromatic heterocycles. The van der Waals surface area contributed by atoms with Gasteiger partial charge in [0, 0.05) is 39.2 Å². The van der Waals surface area contributed by atoms with Crippen molar-refractivity contribution >= 4 is 32.6 Å². The Bertz CT molecular complexity index is 3200. The van der Waals surface area contributed by atoms with Crippen LogP contribution in [0, 0.1) is 0 Å². The van der Waals surface area contributed by atoms with Crippen molar-refractivity contribution in [3.8, 4) is 39.9 Å². The third-order valence-electron chi connectivity index (χ3n) is 13.9. The van der Waals surface area contributed by atoms with Crippen LogP contribution in [0.2, 0.25) is 0 Å². The molecule has 5 nitrogen and oxygen atoms in total. The fourth-order valence-corrected chi connectivity index (χ4v) is 10.8. The third-order valence-corrected chi connectivity index (χ3v) is 13.9. The quantitative estimate of drug-likeness (QED) is 0.0964. The first-order valence-corrected chi connectivity index (χ1v) is 24.2. The van der Waals surface area contributed by atoms with Gasteiger partial charge in [-0.1, -0.05) is 210 Å². The van der Waals surface area contributed by atoms with Gasteiger partial charge in [-0.25, -0.2) is 4.98 Å². The van der Waals surface area contributed by atoms with Crippen LogP contribution in [0.25, 0.3) is 72.4 Å². The summed E-state index contributed by atoms with van der Waals surface area (Å²) in [4.78, 5) is 21.4. The summed E-state index contributed by atoms with van der Waals surface area (Å²) in [6, 6.07) is 61.9. The predicted octanol–water partition coefficient (Wildman–Crippen LogP) is 15.5. The van der Waals surface area contributed by atoms with Gasteiger partial charge >= 0.3 is 0 Å². The number of rotatable bonds is 15. The number of hydrogen-bond donors (Lipinski definition) is 0. The Balaban J connectivity index is 1.25. The molecule has 0 amide bonds. The number of aryl methyl sites for hydroxylation is 2. The number of unbranched alkanes of at least 4 members (excludes halogenated alkanes) is 6. The minimum Gasteiger partial charge on any atom is -0.277 e. The second-order valence-corrected chi connectivity index (χ2v) is 18.1. The van der Waals surface area contributed by atoms with E-state index in [1.165, 1.54) is 101 Å². The fraction of sp³-hybridized carbons (Fsp3) is 0.213. The molecule has 3 heterocycles. The summed E-state index contributed by atoms with van der Waals surface area (Å²) in [5, 5.41) is 4.74. The van der Waals surface area contributed by atoms with E-state index in [2.05, 4.69) is 152 Å². The largest absolute Gasteiger partial charge is 0.277 e. The normalized spacial score (nSPS) is 12.8. The minimum atomic E-state index is -0.730. The molecule has 10 aromatic rings. The molecule has 1 aliphatic carbocycles. The topological polar surface area (TPSA) is 56.5 Å². The van der Waals surface area contributed by atoms with E-state index in [-0.39, 0.29) is 0 Å². The van der Waals surface area contributed by atoms with Crippen LogP contribution in [-0.2, 0) is 18.3 Å². The monoisotopic (exact) mass is 857 g/mol. The zero-order valence-electron chi connectivity index (χ0n) is 38.1. The van der Waals surface area contributed by atoms with Crippen molar-refractivity contribution in [3.63, 3.8) is 0 Å². The van der Waals surface area contributed by atoms with Gasteiger partial charge in [0.25, 0.3) is 0 Å². The number of aromatic nitrogens is 5. The van der Waals surface area contributed by atoms with E-state index in [0.29, 0.717) is 17.6 Å². The Labute approximate surface area is 388 Å². The molecule has 0 saturated carbocycles. The number of hydrogen-bond acceptors (Lipinski definition) is 4. The Hall–Kier alpha value is -7.24. The minimum absolute atomic E-state index is 0.578. The van der Waals surface area contributed by atoms with Gasteiger partial charge in [-0.2, -0.15) is 9.97 Å².